The Bertz CT molecular complexity index is 671. The summed E-state index contributed by atoms with van der Waals surface area (Å²) in [5, 5.41) is 9.31. The number of H-pyrrole nitrogens is 1. The third-order valence-electron chi connectivity index (χ3n) is 2.33. The zero-order chi connectivity index (χ0) is 13.5. The van der Waals surface area contributed by atoms with Crippen LogP contribution in [0.5, 0.6) is 0 Å². The van der Waals surface area contributed by atoms with E-state index in [-0.39, 0.29) is 12.2 Å². The molecule has 4 nitrogen and oxygen atoms in total. The van der Waals surface area contributed by atoms with Crippen molar-refractivity contribution in [2.45, 2.75) is 10.9 Å². The number of hydrogen-bond acceptors (Lipinski definition) is 4. The topological polar surface area (TPSA) is 66.0 Å². The van der Waals surface area contributed by atoms with E-state index in [0.717, 1.165) is 11.1 Å². The molecule has 0 unspecified atom stereocenters. The highest BCUT2D eigenvalue weighted by Gasteiger charge is 2.02. The lowest BCUT2D eigenvalue weighted by Gasteiger charge is -2.03. The first-order valence-electron chi connectivity index (χ1n) is 5.65. The van der Waals surface area contributed by atoms with Crippen LogP contribution < -0.4 is 5.56 Å². The Kier molecular flexibility index (Phi) is 4.78. The van der Waals surface area contributed by atoms with Gasteiger partial charge >= 0.3 is 0 Å². The maximum Gasteiger partial charge on any atom is 0.251 e. The minimum Gasteiger partial charge on any atom is -0.384 e. The Morgan fingerprint density at radius 1 is 1.32 bits per heavy atom. The molecule has 0 bridgehead atoms. The van der Waals surface area contributed by atoms with E-state index >= 15 is 0 Å². The Morgan fingerprint density at radius 2 is 2.16 bits per heavy atom. The van der Waals surface area contributed by atoms with Crippen molar-refractivity contribution in [1.82, 2.24) is 9.97 Å². The number of aliphatic hydroxyl groups is 1. The highest BCUT2D eigenvalue weighted by molar-refractivity contribution is 7.98. The third kappa shape index (κ3) is 3.98. The highest BCUT2D eigenvalue weighted by atomic mass is 32.2. The van der Waals surface area contributed by atoms with Crippen LogP contribution >= 0.6 is 11.8 Å². The first-order valence-corrected chi connectivity index (χ1v) is 6.64. The number of aromatic nitrogens is 2. The van der Waals surface area contributed by atoms with Crippen LogP contribution in [0.15, 0.2) is 46.5 Å². The second-order valence-corrected chi connectivity index (χ2v) is 4.61. The summed E-state index contributed by atoms with van der Waals surface area (Å²) in [6, 6.07) is 9.08. The Hall–Kier alpha value is -2.03. The lowest BCUT2D eigenvalue weighted by Crippen LogP contribution is -2.05. The normalized spacial score (nSPS) is 9.74. The predicted molar refractivity (Wildman–Crippen MR) is 74.8 cm³/mol. The van der Waals surface area contributed by atoms with E-state index in [1.54, 1.807) is 0 Å². The van der Waals surface area contributed by atoms with Gasteiger partial charge in [0, 0.05) is 23.6 Å². The molecule has 19 heavy (non-hydrogen) atoms. The molecule has 1 aromatic carbocycles. The van der Waals surface area contributed by atoms with Crippen LogP contribution in [0, 0.1) is 11.8 Å². The molecule has 0 fully saturated rings. The first-order chi connectivity index (χ1) is 9.29. The van der Waals surface area contributed by atoms with Gasteiger partial charge in [-0.25, -0.2) is 4.98 Å². The molecule has 1 heterocycles. The molecular weight excluding hydrogens is 260 g/mol. The fraction of sp³-hybridized carbons (Fsp3) is 0.143. The molecule has 0 amide bonds. The molecule has 0 aliphatic heterocycles. The van der Waals surface area contributed by atoms with Crippen molar-refractivity contribution < 1.29 is 5.11 Å². The van der Waals surface area contributed by atoms with Gasteiger partial charge in [0.1, 0.15) is 6.61 Å². The van der Waals surface area contributed by atoms with E-state index in [0.29, 0.717) is 10.9 Å². The zero-order valence-electron chi connectivity index (χ0n) is 10.1. The van der Waals surface area contributed by atoms with Gasteiger partial charge in [-0.3, -0.25) is 4.79 Å². The standard InChI is InChI=1S/C14H12N2O2S/c17-9-3-6-11-4-1-2-5-12(11)10-19-14-15-8-7-13(18)16-14/h1-2,4-5,7-8,17H,9-10H2,(H,15,16,18). The molecule has 0 atom stereocenters. The summed E-state index contributed by atoms with van der Waals surface area (Å²) in [5.41, 5.74) is 1.76. The Balaban J connectivity index is 2.13. The molecule has 0 saturated heterocycles. The smallest absolute Gasteiger partial charge is 0.251 e. The lowest BCUT2D eigenvalue weighted by molar-refractivity contribution is 0.350. The summed E-state index contributed by atoms with van der Waals surface area (Å²) >= 11 is 1.44. The van der Waals surface area contributed by atoms with Crippen molar-refractivity contribution in [2.24, 2.45) is 0 Å². The van der Waals surface area contributed by atoms with Gasteiger partial charge in [-0.15, -0.1) is 0 Å². The lowest BCUT2D eigenvalue weighted by atomic mass is 10.1. The Labute approximate surface area is 114 Å². The largest absolute Gasteiger partial charge is 0.384 e. The van der Waals surface area contributed by atoms with Crippen molar-refractivity contribution in [1.29, 1.82) is 0 Å². The van der Waals surface area contributed by atoms with E-state index in [1.165, 1.54) is 24.0 Å². The van der Waals surface area contributed by atoms with Crippen molar-refractivity contribution in [2.75, 3.05) is 6.61 Å². The van der Waals surface area contributed by atoms with Crippen LogP contribution in [-0.2, 0) is 5.75 Å². The van der Waals surface area contributed by atoms with E-state index < -0.39 is 0 Å². The molecule has 1 aromatic heterocycles. The summed E-state index contributed by atoms with van der Waals surface area (Å²) in [7, 11) is 0. The fourth-order valence-electron chi connectivity index (χ4n) is 1.47. The quantitative estimate of drug-likeness (QED) is 0.503. The van der Waals surface area contributed by atoms with Gasteiger partial charge < -0.3 is 10.1 Å². The summed E-state index contributed by atoms with van der Waals surface area (Å²) in [6.07, 6.45) is 1.48. The predicted octanol–water partition coefficient (Wildman–Crippen LogP) is 1.41. The Morgan fingerprint density at radius 3 is 2.95 bits per heavy atom. The summed E-state index contributed by atoms with van der Waals surface area (Å²) in [5.74, 6) is 6.20. The molecule has 2 rings (SSSR count). The zero-order valence-corrected chi connectivity index (χ0v) is 10.9. The van der Waals surface area contributed by atoms with Gasteiger partial charge in [-0.05, 0) is 11.6 Å². The van der Waals surface area contributed by atoms with Gasteiger partial charge in [-0.2, -0.15) is 0 Å². The molecular formula is C14H12N2O2S. The van der Waals surface area contributed by atoms with Crippen LogP contribution in [0.1, 0.15) is 11.1 Å². The summed E-state index contributed by atoms with van der Waals surface area (Å²) in [4.78, 5) is 17.9. The number of hydrogen-bond donors (Lipinski definition) is 2. The first kappa shape index (κ1) is 13.4. The number of rotatable bonds is 3. The highest BCUT2D eigenvalue weighted by Crippen LogP contribution is 2.20. The molecule has 0 saturated carbocycles. The van der Waals surface area contributed by atoms with Crippen molar-refractivity contribution in [3.05, 3.63) is 58.0 Å². The number of nitrogens with zero attached hydrogens (tertiary/aromatic N) is 1. The molecule has 0 radical (unpaired) electrons. The van der Waals surface area contributed by atoms with Crippen LogP contribution in [0.2, 0.25) is 0 Å². The van der Waals surface area contributed by atoms with Crippen molar-refractivity contribution in [3.8, 4) is 11.8 Å². The second kappa shape index (κ2) is 6.78. The number of aliphatic hydroxyl groups excluding tert-OH is 1. The molecule has 2 N–H and O–H groups in total. The van der Waals surface area contributed by atoms with E-state index in [4.69, 9.17) is 5.11 Å². The van der Waals surface area contributed by atoms with Crippen molar-refractivity contribution in [3.63, 3.8) is 0 Å². The maximum absolute atomic E-state index is 11.2. The molecule has 96 valence electrons. The van der Waals surface area contributed by atoms with Gasteiger partial charge in [0.15, 0.2) is 5.16 Å². The van der Waals surface area contributed by atoms with Crippen LogP contribution in [-0.4, -0.2) is 21.7 Å². The molecule has 2 aromatic rings. The number of nitrogens with one attached hydrogen (secondary N) is 1. The monoisotopic (exact) mass is 272 g/mol. The molecule has 0 aliphatic carbocycles. The number of thioether (sulfide) groups is 1. The van der Waals surface area contributed by atoms with E-state index in [2.05, 4.69) is 21.8 Å². The molecule has 0 spiro atoms. The maximum atomic E-state index is 11.2. The minimum atomic E-state index is -0.161. The van der Waals surface area contributed by atoms with Gasteiger partial charge in [0.25, 0.3) is 5.56 Å². The summed E-state index contributed by atoms with van der Waals surface area (Å²) < 4.78 is 0. The van der Waals surface area contributed by atoms with Gasteiger partial charge in [0.05, 0.1) is 0 Å². The average Bonchev–Trinajstić information content (AvgIpc) is 2.44. The molecule has 5 heteroatoms. The molecule has 0 aliphatic rings. The van der Waals surface area contributed by atoms with Crippen LogP contribution in [0.3, 0.4) is 0 Å². The SMILES string of the molecule is O=c1ccnc(SCc2ccccc2C#CCO)[nH]1. The minimum absolute atomic E-state index is 0.158. The fourth-order valence-corrected chi connectivity index (χ4v) is 2.33. The van der Waals surface area contributed by atoms with Crippen LogP contribution in [0.4, 0.5) is 0 Å². The third-order valence-corrected chi connectivity index (χ3v) is 3.27. The van der Waals surface area contributed by atoms with Gasteiger partial charge in [-0.1, -0.05) is 41.8 Å². The van der Waals surface area contributed by atoms with Crippen LogP contribution in [0.25, 0.3) is 0 Å². The van der Waals surface area contributed by atoms with E-state index in [1.807, 2.05) is 24.3 Å². The number of aromatic amines is 1. The average molecular weight is 272 g/mol. The van der Waals surface area contributed by atoms with E-state index in [9.17, 15) is 4.79 Å². The van der Waals surface area contributed by atoms with Crippen molar-refractivity contribution >= 4 is 11.8 Å². The number of benzene rings is 1. The summed E-state index contributed by atoms with van der Waals surface area (Å²) in [6.45, 7) is -0.158. The second-order valence-electron chi connectivity index (χ2n) is 3.64. The van der Waals surface area contributed by atoms with Gasteiger partial charge in [0.2, 0.25) is 0 Å².